The van der Waals surface area contributed by atoms with Gasteiger partial charge in [-0.1, -0.05) is 18.2 Å². The number of carbonyl (C=O) groups excluding carboxylic acids is 1. The van der Waals surface area contributed by atoms with E-state index in [1.807, 2.05) is 0 Å². The molecule has 0 bridgehead atoms. The van der Waals surface area contributed by atoms with Crippen molar-refractivity contribution in [2.45, 2.75) is 0 Å². The Labute approximate surface area is 149 Å². The summed E-state index contributed by atoms with van der Waals surface area (Å²) in [6.07, 6.45) is 0. The number of anilines is 2. The SMILES string of the molecule is O=C(Nc1cc(NS(=O)(=O)[O-])ccc1O)c1ccccc1.[Na+]. The van der Waals surface area contributed by atoms with Crippen LogP contribution in [0.2, 0.25) is 0 Å². The van der Waals surface area contributed by atoms with Crippen molar-refractivity contribution in [2.24, 2.45) is 0 Å². The molecule has 0 saturated heterocycles. The Morgan fingerprint density at radius 3 is 2.32 bits per heavy atom. The molecule has 9 heteroatoms. The van der Waals surface area contributed by atoms with Crippen LogP contribution < -0.4 is 39.6 Å². The van der Waals surface area contributed by atoms with Crippen LogP contribution in [0, 0.1) is 0 Å². The van der Waals surface area contributed by atoms with Crippen LogP contribution in [-0.4, -0.2) is 24.0 Å². The smallest absolute Gasteiger partial charge is 0.731 e. The third-order valence-corrected chi connectivity index (χ3v) is 3.01. The molecule has 0 unspecified atom stereocenters. The normalized spacial score (nSPS) is 10.4. The molecule has 0 radical (unpaired) electrons. The van der Waals surface area contributed by atoms with Crippen LogP contribution in [0.3, 0.4) is 0 Å². The molecule has 0 aliphatic carbocycles. The summed E-state index contributed by atoms with van der Waals surface area (Å²) in [4.78, 5) is 11.9. The van der Waals surface area contributed by atoms with E-state index in [4.69, 9.17) is 0 Å². The van der Waals surface area contributed by atoms with Crippen molar-refractivity contribution in [3.63, 3.8) is 0 Å². The first kappa shape index (κ1) is 18.5. The number of phenols is 1. The van der Waals surface area contributed by atoms with Gasteiger partial charge < -0.3 is 15.0 Å². The Hall–Kier alpha value is -1.58. The molecule has 0 heterocycles. The molecule has 110 valence electrons. The van der Waals surface area contributed by atoms with Crippen molar-refractivity contribution >= 4 is 27.6 Å². The Morgan fingerprint density at radius 1 is 1.09 bits per heavy atom. The molecular weight excluding hydrogens is 319 g/mol. The fourth-order valence-electron chi connectivity index (χ4n) is 1.63. The first-order valence-corrected chi connectivity index (χ1v) is 7.19. The zero-order chi connectivity index (χ0) is 15.5. The summed E-state index contributed by atoms with van der Waals surface area (Å²) in [6, 6.07) is 11.8. The van der Waals surface area contributed by atoms with Crippen molar-refractivity contribution in [1.29, 1.82) is 0 Å². The van der Waals surface area contributed by atoms with Gasteiger partial charge in [-0.3, -0.25) is 9.52 Å². The molecule has 22 heavy (non-hydrogen) atoms. The van der Waals surface area contributed by atoms with Gasteiger partial charge in [0.1, 0.15) is 5.75 Å². The molecule has 2 rings (SSSR count). The molecule has 0 aromatic heterocycles. The van der Waals surface area contributed by atoms with Gasteiger partial charge in [-0.15, -0.1) is 0 Å². The van der Waals surface area contributed by atoms with Crippen LogP contribution >= 0.6 is 0 Å². The van der Waals surface area contributed by atoms with E-state index in [9.17, 15) is 22.9 Å². The maximum Gasteiger partial charge on any atom is 1.00 e. The zero-order valence-electron chi connectivity index (χ0n) is 11.6. The number of amides is 1. The van der Waals surface area contributed by atoms with Gasteiger partial charge in [-0.05, 0) is 30.3 Å². The minimum absolute atomic E-state index is 0. The van der Waals surface area contributed by atoms with E-state index in [0.717, 1.165) is 12.1 Å². The van der Waals surface area contributed by atoms with Crippen LogP contribution in [0.4, 0.5) is 11.4 Å². The van der Waals surface area contributed by atoms with Crippen LogP contribution in [0.25, 0.3) is 0 Å². The number of aromatic hydroxyl groups is 1. The average molecular weight is 330 g/mol. The monoisotopic (exact) mass is 330 g/mol. The minimum atomic E-state index is -4.68. The second-order valence-electron chi connectivity index (χ2n) is 4.11. The van der Waals surface area contributed by atoms with Crippen molar-refractivity contribution < 1.29 is 52.4 Å². The fraction of sp³-hybridized carbons (Fsp3) is 0. The van der Waals surface area contributed by atoms with E-state index in [0.29, 0.717) is 5.56 Å². The van der Waals surface area contributed by atoms with Crippen LogP contribution in [-0.2, 0) is 10.3 Å². The van der Waals surface area contributed by atoms with Crippen molar-refractivity contribution in [3.05, 3.63) is 54.1 Å². The summed E-state index contributed by atoms with van der Waals surface area (Å²) < 4.78 is 33.6. The van der Waals surface area contributed by atoms with E-state index < -0.39 is 16.2 Å². The second kappa shape index (κ2) is 7.61. The molecule has 0 aliphatic heterocycles. The summed E-state index contributed by atoms with van der Waals surface area (Å²) in [6.45, 7) is 0. The Morgan fingerprint density at radius 2 is 1.73 bits per heavy atom. The Balaban J connectivity index is 0.00000242. The number of phenolic OH excluding ortho intramolecular Hbond substituents is 1. The molecule has 0 aliphatic rings. The van der Waals surface area contributed by atoms with Crippen molar-refractivity contribution in [2.75, 3.05) is 10.0 Å². The largest absolute Gasteiger partial charge is 1.00 e. The number of hydrogen-bond acceptors (Lipinski definition) is 5. The molecule has 7 nitrogen and oxygen atoms in total. The topological polar surface area (TPSA) is 119 Å². The van der Waals surface area contributed by atoms with E-state index >= 15 is 0 Å². The van der Waals surface area contributed by atoms with Gasteiger partial charge in [0, 0.05) is 11.3 Å². The Kier molecular flexibility index (Phi) is 6.39. The molecule has 0 saturated carbocycles. The predicted molar refractivity (Wildman–Crippen MR) is 75.8 cm³/mol. The third-order valence-electron chi connectivity index (χ3n) is 2.52. The quantitative estimate of drug-likeness (QED) is 0.273. The first-order chi connectivity index (χ1) is 9.85. The standard InChI is InChI=1S/C13H12N2O5S.Na/c16-12-7-6-10(15-21(18,19)20)8-11(12)14-13(17)9-4-2-1-3-5-9;/h1-8,15-16H,(H,14,17)(H,18,19,20);/q;+1/p-1. The molecule has 0 atom stereocenters. The van der Waals surface area contributed by atoms with E-state index in [-0.39, 0.29) is 46.7 Å². The van der Waals surface area contributed by atoms with Crippen LogP contribution in [0.1, 0.15) is 10.4 Å². The maximum absolute atomic E-state index is 11.9. The summed E-state index contributed by atoms with van der Waals surface area (Å²) in [5.41, 5.74) is 0.287. The van der Waals surface area contributed by atoms with Gasteiger partial charge in [-0.25, -0.2) is 8.42 Å². The van der Waals surface area contributed by atoms with Gasteiger partial charge in [0.05, 0.1) is 5.69 Å². The molecule has 2 aromatic carbocycles. The summed E-state index contributed by atoms with van der Waals surface area (Å²) in [7, 11) is -4.68. The Bertz CT molecular complexity index is 765. The van der Waals surface area contributed by atoms with Gasteiger partial charge in [0.25, 0.3) is 5.91 Å². The minimum Gasteiger partial charge on any atom is -0.731 e. The van der Waals surface area contributed by atoms with Crippen LogP contribution in [0.15, 0.2) is 48.5 Å². The predicted octanol–water partition coefficient (Wildman–Crippen LogP) is -1.48. The number of nitrogens with one attached hydrogen (secondary N) is 2. The number of benzene rings is 2. The molecule has 1 amide bonds. The number of rotatable bonds is 4. The molecule has 0 spiro atoms. The summed E-state index contributed by atoms with van der Waals surface area (Å²) >= 11 is 0. The zero-order valence-corrected chi connectivity index (χ0v) is 14.4. The van der Waals surface area contributed by atoms with Crippen LogP contribution in [0.5, 0.6) is 5.75 Å². The van der Waals surface area contributed by atoms with E-state index in [1.54, 1.807) is 35.1 Å². The average Bonchev–Trinajstić information content (AvgIpc) is 2.42. The maximum atomic E-state index is 11.9. The van der Waals surface area contributed by atoms with E-state index in [1.165, 1.54) is 6.07 Å². The molecular formula is C13H11N2NaO5S. The van der Waals surface area contributed by atoms with Gasteiger partial charge in [0.2, 0.25) is 0 Å². The van der Waals surface area contributed by atoms with E-state index in [2.05, 4.69) is 5.32 Å². The summed E-state index contributed by atoms with van der Waals surface area (Å²) in [5, 5.41) is 12.1. The number of carbonyl (C=O) groups is 1. The molecule has 2 aromatic rings. The second-order valence-corrected chi connectivity index (χ2v) is 5.22. The number of hydrogen-bond donors (Lipinski definition) is 3. The first-order valence-electron chi connectivity index (χ1n) is 5.78. The van der Waals surface area contributed by atoms with Gasteiger partial charge in [-0.2, -0.15) is 0 Å². The van der Waals surface area contributed by atoms with Crippen molar-refractivity contribution in [1.82, 2.24) is 0 Å². The van der Waals surface area contributed by atoms with Gasteiger partial charge in [0.15, 0.2) is 10.3 Å². The van der Waals surface area contributed by atoms with Gasteiger partial charge >= 0.3 is 29.6 Å². The fourth-order valence-corrected chi connectivity index (χ4v) is 2.04. The van der Waals surface area contributed by atoms with Crippen molar-refractivity contribution in [3.8, 4) is 5.75 Å². The molecule has 3 N–H and O–H groups in total. The molecule has 0 fully saturated rings. The third kappa shape index (κ3) is 5.32. The summed E-state index contributed by atoms with van der Waals surface area (Å²) in [5.74, 6) is -0.735.